The van der Waals surface area contributed by atoms with Gasteiger partial charge in [-0.05, 0) is 97.7 Å². The summed E-state index contributed by atoms with van der Waals surface area (Å²) in [6.07, 6.45) is 4.00. The molecule has 0 unspecified atom stereocenters. The molecule has 1 aliphatic heterocycles. The Kier molecular flexibility index (Phi) is 9.40. The molecular weight excluding hydrogens is 524 g/mol. The number of carbonyl (C=O) groups is 3. The van der Waals surface area contributed by atoms with Crippen molar-refractivity contribution < 1.29 is 34.4 Å². The van der Waals surface area contributed by atoms with Gasteiger partial charge in [0, 0.05) is 12.1 Å². The largest absolute Gasteiger partial charge is 0.507 e. The monoisotopic (exact) mass is 562 g/mol. The zero-order valence-corrected chi connectivity index (χ0v) is 24.0. The molecule has 3 N–H and O–H groups in total. The number of aliphatic hydroxyl groups excluding tert-OH is 2. The van der Waals surface area contributed by atoms with Crippen LogP contribution in [0.4, 0.5) is 4.79 Å². The van der Waals surface area contributed by atoms with Gasteiger partial charge in [-0.15, -0.1) is 0 Å². The zero-order valence-electron chi connectivity index (χ0n) is 24.0. The highest BCUT2D eigenvalue weighted by Gasteiger charge is 2.57. The van der Waals surface area contributed by atoms with E-state index in [4.69, 9.17) is 0 Å². The first-order chi connectivity index (χ1) is 19.6. The first-order valence-electron chi connectivity index (χ1n) is 14.0. The third kappa shape index (κ3) is 5.96. The Labute approximate surface area is 240 Å². The number of amides is 3. The molecule has 0 spiro atoms. The third-order valence-corrected chi connectivity index (χ3v) is 8.18. The van der Waals surface area contributed by atoms with Crippen LogP contribution in [0.3, 0.4) is 0 Å². The highest BCUT2D eigenvalue weighted by Crippen LogP contribution is 2.47. The Morgan fingerprint density at radius 1 is 1.20 bits per heavy atom. The van der Waals surface area contributed by atoms with Gasteiger partial charge in [0.25, 0.3) is 0 Å². The van der Waals surface area contributed by atoms with Crippen molar-refractivity contribution >= 4 is 29.6 Å². The molecule has 1 aliphatic carbocycles. The number of phenolic OH excluding ortho intramolecular Hbond substituents is 1. The van der Waals surface area contributed by atoms with Crippen molar-refractivity contribution in [3.63, 3.8) is 0 Å². The maximum Gasteiger partial charge on any atom is 0.423 e. The maximum atomic E-state index is 13.2. The van der Waals surface area contributed by atoms with Gasteiger partial charge in [0.15, 0.2) is 0 Å². The third-order valence-electron chi connectivity index (χ3n) is 8.18. The lowest BCUT2D eigenvalue weighted by molar-refractivity contribution is -0.137. The lowest BCUT2D eigenvalue weighted by Crippen LogP contribution is -2.40. The Morgan fingerprint density at radius 3 is 2.49 bits per heavy atom. The number of fused-ring (bicyclic) bond motifs is 1. The van der Waals surface area contributed by atoms with Crippen LogP contribution in [0.2, 0.25) is 0 Å². The van der Waals surface area contributed by atoms with Crippen LogP contribution in [0.1, 0.15) is 61.4 Å². The first-order valence-corrected chi connectivity index (χ1v) is 14.0. The summed E-state index contributed by atoms with van der Waals surface area (Å²) in [5.74, 6) is -3.57. The standard InChI is InChI=1S/C32H38N2O7/c1-5-8-22-16-23-28(31(39)34(30(23)38)32(40)41-4)24(17-35)27(22)26(36)11-10-21(25-9-6-7-12-33-25)15-20-13-18(2)29(37)19(3)14-20/h6-7,9,12-15,23-24,26,28,35-37H,5,8,10-11,16-17H2,1-4H3/b21-15-/t23-,24+,26-,28-/m1/s1. The number of methoxy groups -OCH3 is 1. The molecule has 0 radical (unpaired) electrons. The van der Waals surface area contributed by atoms with Crippen LogP contribution in [-0.2, 0) is 14.3 Å². The zero-order chi connectivity index (χ0) is 29.8. The second-order valence-electron chi connectivity index (χ2n) is 10.9. The molecule has 1 saturated heterocycles. The average molecular weight is 563 g/mol. The van der Waals surface area contributed by atoms with Crippen LogP contribution in [0.25, 0.3) is 11.6 Å². The van der Waals surface area contributed by atoms with Crippen molar-refractivity contribution in [3.8, 4) is 5.75 Å². The van der Waals surface area contributed by atoms with E-state index in [1.165, 1.54) is 0 Å². The molecule has 2 aromatic rings. The van der Waals surface area contributed by atoms with Crippen LogP contribution < -0.4 is 0 Å². The van der Waals surface area contributed by atoms with Gasteiger partial charge in [-0.25, -0.2) is 4.79 Å². The van der Waals surface area contributed by atoms with Crippen LogP contribution in [0.15, 0.2) is 47.7 Å². The van der Waals surface area contributed by atoms with Gasteiger partial charge in [0.1, 0.15) is 5.75 Å². The molecule has 9 nitrogen and oxygen atoms in total. The molecule has 4 rings (SSSR count). The number of nitrogens with zero attached hydrogens (tertiary/aromatic N) is 2. The molecule has 2 heterocycles. The fourth-order valence-electron chi connectivity index (χ4n) is 6.32. The highest BCUT2D eigenvalue weighted by atomic mass is 16.5. The first kappa shape index (κ1) is 30.1. The van der Waals surface area contributed by atoms with E-state index in [0.717, 1.165) is 47.1 Å². The van der Waals surface area contributed by atoms with E-state index in [-0.39, 0.29) is 18.6 Å². The molecule has 0 saturated carbocycles. The number of aromatic hydroxyl groups is 1. The summed E-state index contributed by atoms with van der Waals surface area (Å²) in [6.45, 7) is 5.23. The number of likely N-dealkylation sites (tertiary alicyclic amines) is 1. The minimum Gasteiger partial charge on any atom is -0.507 e. The van der Waals surface area contributed by atoms with Crippen LogP contribution in [0.5, 0.6) is 5.75 Å². The van der Waals surface area contributed by atoms with Gasteiger partial charge in [-0.3, -0.25) is 14.6 Å². The maximum absolute atomic E-state index is 13.2. The van der Waals surface area contributed by atoms with Gasteiger partial charge in [-0.2, -0.15) is 4.90 Å². The fourth-order valence-corrected chi connectivity index (χ4v) is 6.32. The van der Waals surface area contributed by atoms with Gasteiger partial charge in [-0.1, -0.05) is 25.0 Å². The minimum absolute atomic E-state index is 0.245. The number of allylic oxidation sites excluding steroid dienone is 2. The second-order valence-corrected chi connectivity index (χ2v) is 10.9. The fraction of sp³-hybridized carbons (Fsp3) is 0.438. The Morgan fingerprint density at radius 2 is 1.90 bits per heavy atom. The van der Waals surface area contributed by atoms with Crippen LogP contribution in [-0.4, -0.2) is 62.9 Å². The molecule has 3 amide bonds. The number of imide groups is 3. The second kappa shape index (κ2) is 12.8. The topological polar surface area (TPSA) is 137 Å². The number of phenols is 1. The number of ether oxygens (including phenoxy) is 1. The predicted molar refractivity (Wildman–Crippen MR) is 153 cm³/mol. The van der Waals surface area contributed by atoms with Gasteiger partial charge in [0.2, 0.25) is 11.8 Å². The lowest BCUT2D eigenvalue weighted by Gasteiger charge is -2.36. The number of aromatic nitrogens is 1. The van der Waals surface area contributed by atoms with Crippen molar-refractivity contribution in [1.82, 2.24) is 9.88 Å². The Bertz CT molecular complexity index is 1360. The Hall–Kier alpha value is -3.82. The van der Waals surface area contributed by atoms with Crippen molar-refractivity contribution in [1.29, 1.82) is 0 Å². The summed E-state index contributed by atoms with van der Waals surface area (Å²) in [6, 6.07) is 9.39. The van der Waals surface area contributed by atoms with E-state index in [1.807, 2.05) is 57.2 Å². The van der Waals surface area contributed by atoms with Crippen LogP contribution in [0, 0.1) is 31.6 Å². The number of aliphatic hydroxyl groups is 2. The van der Waals surface area contributed by atoms with E-state index in [2.05, 4.69) is 9.72 Å². The molecular formula is C32H38N2O7. The number of carbonyl (C=O) groups excluding carboxylic acids is 3. The summed E-state index contributed by atoms with van der Waals surface area (Å²) >= 11 is 0. The number of pyridine rings is 1. The van der Waals surface area contributed by atoms with Gasteiger partial charge in [0.05, 0.1) is 37.4 Å². The predicted octanol–water partition coefficient (Wildman–Crippen LogP) is 4.56. The lowest BCUT2D eigenvalue weighted by atomic mass is 9.67. The number of hydrogen-bond acceptors (Lipinski definition) is 8. The van der Waals surface area contributed by atoms with Crippen LogP contribution >= 0.6 is 0 Å². The van der Waals surface area contributed by atoms with E-state index in [0.29, 0.717) is 23.3 Å². The van der Waals surface area contributed by atoms with Crippen molar-refractivity contribution in [2.45, 2.75) is 59.0 Å². The molecule has 1 aromatic heterocycles. The molecule has 2 aliphatic rings. The molecule has 41 heavy (non-hydrogen) atoms. The molecule has 4 atom stereocenters. The molecule has 9 heteroatoms. The van der Waals surface area contributed by atoms with Crippen molar-refractivity contribution in [2.75, 3.05) is 13.7 Å². The van der Waals surface area contributed by atoms with Crippen molar-refractivity contribution in [2.24, 2.45) is 17.8 Å². The SMILES string of the molecule is CCCC1=C([C@H](O)CC/C(=C/c2cc(C)c(O)c(C)c2)c2ccccn2)[C@H](CO)[C@@H]2C(=O)N(C(=O)OC)C(=O)[C@@H]2C1. The molecule has 218 valence electrons. The van der Waals surface area contributed by atoms with E-state index < -0.39 is 48.4 Å². The number of benzene rings is 1. The normalized spacial score (nSPS) is 21.8. The highest BCUT2D eigenvalue weighted by molar-refractivity contribution is 6.16. The number of rotatable bonds is 9. The number of hydrogen-bond donors (Lipinski definition) is 3. The summed E-state index contributed by atoms with van der Waals surface area (Å²) in [5.41, 5.74) is 5.46. The summed E-state index contributed by atoms with van der Waals surface area (Å²) in [7, 11) is 1.11. The average Bonchev–Trinajstić information content (AvgIpc) is 3.22. The summed E-state index contributed by atoms with van der Waals surface area (Å²) in [4.78, 5) is 43.6. The van der Waals surface area contributed by atoms with Gasteiger partial charge < -0.3 is 20.1 Å². The summed E-state index contributed by atoms with van der Waals surface area (Å²) in [5, 5.41) is 32.3. The van der Waals surface area contributed by atoms with E-state index in [9.17, 15) is 29.7 Å². The van der Waals surface area contributed by atoms with Crippen molar-refractivity contribution in [3.05, 3.63) is 70.1 Å². The molecule has 1 aromatic carbocycles. The van der Waals surface area contributed by atoms with E-state index in [1.54, 1.807) is 6.20 Å². The van der Waals surface area contributed by atoms with Gasteiger partial charge >= 0.3 is 6.09 Å². The minimum atomic E-state index is -1.03. The summed E-state index contributed by atoms with van der Waals surface area (Å²) < 4.78 is 4.67. The molecule has 0 bridgehead atoms. The molecule has 1 fully saturated rings. The van der Waals surface area contributed by atoms with E-state index >= 15 is 0 Å². The Balaban J connectivity index is 1.67. The number of aryl methyl sites for hydroxylation is 2. The quantitative estimate of drug-likeness (QED) is 0.299. The smallest absolute Gasteiger partial charge is 0.423 e.